The highest BCUT2D eigenvalue weighted by atomic mass is 16.3. The second-order valence-electron chi connectivity index (χ2n) is 3.88. The first kappa shape index (κ1) is 8.57. The Morgan fingerprint density at radius 2 is 2.23 bits per heavy atom. The van der Waals surface area contributed by atoms with Gasteiger partial charge in [0, 0.05) is 6.04 Å². The van der Waals surface area contributed by atoms with Gasteiger partial charge in [-0.1, -0.05) is 25.0 Å². The van der Waals surface area contributed by atoms with E-state index in [4.69, 9.17) is 5.73 Å². The van der Waals surface area contributed by atoms with E-state index in [9.17, 15) is 5.11 Å². The molecule has 2 nitrogen and oxygen atoms in total. The van der Waals surface area contributed by atoms with Crippen molar-refractivity contribution in [2.45, 2.75) is 25.3 Å². The molecule has 1 saturated carbocycles. The summed E-state index contributed by atoms with van der Waals surface area (Å²) < 4.78 is 0. The van der Waals surface area contributed by atoms with E-state index in [2.05, 4.69) is 0 Å². The van der Waals surface area contributed by atoms with Crippen molar-refractivity contribution in [3.63, 3.8) is 0 Å². The molecule has 0 aliphatic heterocycles. The number of benzene rings is 1. The quantitative estimate of drug-likeness (QED) is 0.743. The minimum atomic E-state index is 0.0969. The Labute approximate surface area is 78.4 Å². The predicted octanol–water partition coefficient (Wildman–Crippen LogP) is 2.19. The summed E-state index contributed by atoms with van der Waals surface area (Å²) in [7, 11) is 0. The molecule has 1 atom stereocenters. The number of nitrogens with two attached hydrogens (primary N) is 1. The lowest BCUT2D eigenvalue weighted by atomic mass is 10.0. The second-order valence-corrected chi connectivity index (χ2v) is 3.88. The summed E-state index contributed by atoms with van der Waals surface area (Å²) in [5.74, 6) is 1.14. The van der Waals surface area contributed by atoms with E-state index >= 15 is 0 Å². The fraction of sp³-hybridized carbons (Fsp3) is 0.455. The molecular formula is C11H15NO. The number of hydrogen-bond donors (Lipinski definition) is 2. The highest BCUT2D eigenvalue weighted by Gasteiger charge is 2.24. The van der Waals surface area contributed by atoms with Gasteiger partial charge >= 0.3 is 0 Å². The van der Waals surface area contributed by atoms with Crippen molar-refractivity contribution in [3.8, 4) is 5.75 Å². The number of phenolic OH excluding ortho intramolecular Hbond substituents is 1. The Hall–Kier alpha value is -1.02. The fourth-order valence-corrected chi connectivity index (χ4v) is 1.60. The van der Waals surface area contributed by atoms with Crippen LogP contribution in [0.4, 0.5) is 0 Å². The molecule has 0 spiro atoms. The second kappa shape index (κ2) is 3.38. The van der Waals surface area contributed by atoms with Crippen molar-refractivity contribution in [3.05, 3.63) is 29.8 Å². The lowest BCUT2D eigenvalue weighted by molar-refractivity contribution is 0.472. The van der Waals surface area contributed by atoms with Gasteiger partial charge in [-0.05, 0) is 30.0 Å². The van der Waals surface area contributed by atoms with Crippen molar-refractivity contribution in [1.82, 2.24) is 0 Å². The van der Waals surface area contributed by atoms with Crippen LogP contribution in [-0.4, -0.2) is 5.11 Å². The smallest absolute Gasteiger partial charge is 0.115 e. The van der Waals surface area contributed by atoms with Gasteiger partial charge in [-0.3, -0.25) is 0 Å². The third-order valence-electron chi connectivity index (χ3n) is 2.58. The summed E-state index contributed by atoms with van der Waals surface area (Å²) in [6, 6.07) is 7.35. The van der Waals surface area contributed by atoms with E-state index in [1.54, 1.807) is 12.1 Å². The maximum atomic E-state index is 9.26. The number of aromatic hydroxyl groups is 1. The molecule has 1 aliphatic carbocycles. The maximum Gasteiger partial charge on any atom is 0.115 e. The Kier molecular flexibility index (Phi) is 2.23. The standard InChI is InChI=1S/C11H15NO/c12-11(6-8-4-5-8)9-2-1-3-10(13)7-9/h1-3,7-8,11,13H,4-6,12H2. The van der Waals surface area contributed by atoms with Crippen LogP contribution in [0.2, 0.25) is 0 Å². The summed E-state index contributed by atoms with van der Waals surface area (Å²) in [6.45, 7) is 0. The molecule has 1 aromatic rings. The van der Waals surface area contributed by atoms with Crippen LogP contribution in [0.1, 0.15) is 30.9 Å². The minimum absolute atomic E-state index is 0.0969. The van der Waals surface area contributed by atoms with Crippen LogP contribution in [0.3, 0.4) is 0 Å². The lowest BCUT2D eigenvalue weighted by Gasteiger charge is -2.11. The predicted molar refractivity (Wildman–Crippen MR) is 52.4 cm³/mol. The van der Waals surface area contributed by atoms with Crippen molar-refractivity contribution < 1.29 is 5.11 Å². The normalized spacial score (nSPS) is 18.5. The Balaban J connectivity index is 2.04. The summed E-state index contributed by atoms with van der Waals surface area (Å²) in [5.41, 5.74) is 7.04. The van der Waals surface area contributed by atoms with Crippen LogP contribution < -0.4 is 5.73 Å². The average Bonchev–Trinajstić information content (AvgIpc) is 2.88. The third-order valence-corrected chi connectivity index (χ3v) is 2.58. The van der Waals surface area contributed by atoms with Crippen molar-refractivity contribution in [1.29, 1.82) is 0 Å². The zero-order chi connectivity index (χ0) is 9.26. The van der Waals surface area contributed by atoms with Gasteiger partial charge in [0.2, 0.25) is 0 Å². The van der Waals surface area contributed by atoms with Gasteiger partial charge in [0.1, 0.15) is 5.75 Å². The SMILES string of the molecule is NC(CC1CC1)c1cccc(O)c1. The fourth-order valence-electron chi connectivity index (χ4n) is 1.60. The number of hydrogen-bond acceptors (Lipinski definition) is 2. The summed E-state index contributed by atoms with van der Waals surface area (Å²) in [5, 5.41) is 9.26. The van der Waals surface area contributed by atoms with Crippen LogP contribution in [0.5, 0.6) is 5.75 Å². The van der Waals surface area contributed by atoms with Crippen molar-refractivity contribution in [2.24, 2.45) is 11.7 Å². The van der Waals surface area contributed by atoms with E-state index < -0.39 is 0 Å². The van der Waals surface area contributed by atoms with E-state index in [0.29, 0.717) is 5.75 Å². The number of phenols is 1. The molecule has 2 heteroatoms. The first-order chi connectivity index (χ1) is 6.25. The van der Waals surface area contributed by atoms with Crippen LogP contribution in [0.25, 0.3) is 0 Å². The molecule has 1 unspecified atom stereocenters. The Bertz CT molecular complexity index is 294. The van der Waals surface area contributed by atoms with Crippen molar-refractivity contribution in [2.75, 3.05) is 0 Å². The molecule has 0 aromatic heterocycles. The lowest BCUT2D eigenvalue weighted by Crippen LogP contribution is -2.10. The topological polar surface area (TPSA) is 46.2 Å². The molecule has 0 saturated heterocycles. The van der Waals surface area contributed by atoms with E-state index in [1.807, 2.05) is 12.1 Å². The highest BCUT2D eigenvalue weighted by Crippen LogP contribution is 2.36. The average molecular weight is 177 g/mol. The number of rotatable bonds is 3. The Morgan fingerprint density at radius 3 is 2.85 bits per heavy atom. The van der Waals surface area contributed by atoms with E-state index in [1.165, 1.54) is 12.8 Å². The first-order valence-corrected chi connectivity index (χ1v) is 4.80. The largest absolute Gasteiger partial charge is 0.508 e. The zero-order valence-corrected chi connectivity index (χ0v) is 7.61. The van der Waals surface area contributed by atoms with Gasteiger partial charge < -0.3 is 10.8 Å². The molecular weight excluding hydrogens is 162 g/mol. The molecule has 1 fully saturated rings. The Morgan fingerprint density at radius 1 is 1.46 bits per heavy atom. The molecule has 0 amide bonds. The van der Waals surface area contributed by atoms with Gasteiger partial charge in [0.15, 0.2) is 0 Å². The molecule has 0 radical (unpaired) electrons. The monoisotopic (exact) mass is 177 g/mol. The molecule has 0 heterocycles. The maximum absolute atomic E-state index is 9.26. The molecule has 2 rings (SSSR count). The third kappa shape index (κ3) is 2.22. The summed E-state index contributed by atoms with van der Waals surface area (Å²) >= 11 is 0. The van der Waals surface area contributed by atoms with Gasteiger partial charge in [-0.2, -0.15) is 0 Å². The van der Waals surface area contributed by atoms with Crippen LogP contribution in [0, 0.1) is 5.92 Å². The molecule has 70 valence electrons. The molecule has 1 aliphatic rings. The van der Waals surface area contributed by atoms with Gasteiger partial charge in [-0.15, -0.1) is 0 Å². The molecule has 1 aromatic carbocycles. The van der Waals surface area contributed by atoms with Gasteiger partial charge in [0.25, 0.3) is 0 Å². The van der Waals surface area contributed by atoms with Crippen LogP contribution in [0.15, 0.2) is 24.3 Å². The van der Waals surface area contributed by atoms with Gasteiger partial charge in [0.05, 0.1) is 0 Å². The molecule has 3 N–H and O–H groups in total. The zero-order valence-electron chi connectivity index (χ0n) is 7.61. The van der Waals surface area contributed by atoms with E-state index in [-0.39, 0.29) is 6.04 Å². The minimum Gasteiger partial charge on any atom is -0.508 e. The van der Waals surface area contributed by atoms with E-state index in [0.717, 1.165) is 17.9 Å². The highest BCUT2D eigenvalue weighted by molar-refractivity contribution is 5.29. The summed E-state index contributed by atoms with van der Waals surface area (Å²) in [4.78, 5) is 0. The first-order valence-electron chi connectivity index (χ1n) is 4.80. The summed E-state index contributed by atoms with van der Waals surface area (Å²) in [6.07, 6.45) is 3.71. The molecule has 0 bridgehead atoms. The molecule has 13 heavy (non-hydrogen) atoms. The van der Waals surface area contributed by atoms with Crippen LogP contribution in [-0.2, 0) is 0 Å². The van der Waals surface area contributed by atoms with Crippen LogP contribution >= 0.6 is 0 Å². The van der Waals surface area contributed by atoms with Gasteiger partial charge in [-0.25, -0.2) is 0 Å². The van der Waals surface area contributed by atoms with Crippen molar-refractivity contribution >= 4 is 0 Å².